The number of aliphatic carboxylic acids is 1. The molecule has 0 spiro atoms. The largest absolute Gasteiger partial charge is 0.481 e. The highest BCUT2D eigenvalue weighted by Crippen LogP contribution is 1.97. The molecule has 0 saturated heterocycles. The van der Waals surface area contributed by atoms with Gasteiger partial charge in [-0.2, -0.15) is 0 Å². The molecule has 1 N–H and O–H groups in total. The van der Waals surface area contributed by atoms with Crippen molar-refractivity contribution >= 4 is 17.7 Å². The topological polar surface area (TPSA) is 80.7 Å². The van der Waals surface area contributed by atoms with Gasteiger partial charge in [0.25, 0.3) is 0 Å². The maximum atomic E-state index is 10.8. The summed E-state index contributed by atoms with van der Waals surface area (Å²) in [6.07, 6.45) is -1.59. The van der Waals surface area contributed by atoms with Crippen molar-refractivity contribution in [3.63, 3.8) is 0 Å². The fourth-order valence-corrected chi connectivity index (χ4v) is 0.607. The van der Waals surface area contributed by atoms with Crippen molar-refractivity contribution in [1.29, 1.82) is 0 Å². The molecule has 68 valence electrons. The van der Waals surface area contributed by atoms with Crippen LogP contribution < -0.4 is 0 Å². The number of hydrogen-bond donors (Lipinski definition) is 1. The molecule has 0 aliphatic carbocycles. The average molecular weight is 174 g/mol. The third kappa shape index (κ3) is 4.43. The Morgan fingerprint density at radius 3 is 2.25 bits per heavy atom. The molecule has 0 aromatic carbocycles. The first-order valence-corrected chi connectivity index (χ1v) is 3.35. The summed E-state index contributed by atoms with van der Waals surface area (Å²) < 4.78 is 4.46. The van der Waals surface area contributed by atoms with Gasteiger partial charge < -0.3 is 9.84 Å². The number of carboxylic acid groups (broad SMARTS) is 1. The molecule has 5 heteroatoms. The molecule has 12 heavy (non-hydrogen) atoms. The first-order chi connectivity index (χ1) is 5.43. The van der Waals surface area contributed by atoms with Crippen LogP contribution in [0.1, 0.15) is 20.3 Å². The van der Waals surface area contributed by atoms with E-state index in [1.54, 1.807) is 0 Å². The Hall–Kier alpha value is -1.39. The van der Waals surface area contributed by atoms with Gasteiger partial charge in [0.05, 0.1) is 0 Å². The molecule has 0 amide bonds. The Balaban J connectivity index is 3.93. The van der Waals surface area contributed by atoms with E-state index >= 15 is 0 Å². The van der Waals surface area contributed by atoms with Crippen LogP contribution in [0.15, 0.2) is 0 Å². The van der Waals surface area contributed by atoms with Crippen LogP contribution in [0, 0.1) is 0 Å². The zero-order valence-corrected chi connectivity index (χ0v) is 6.86. The van der Waals surface area contributed by atoms with Crippen molar-refractivity contribution in [2.45, 2.75) is 26.4 Å². The maximum absolute atomic E-state index is 10.8. The molecule has 0 saturated carbocycles. The summed E-state index contributed by atoms with van der Waals surface area (Å²) >= 11 is 0. The molecular formula is C7H10O5. The number of carbonyl (C=O) groups excluding carboxylic acids is 2. The number of carboxylic acids is 1. The molecule has 0 aromatic rings. The predicted octanol–water partition coefficient (Wildman–Crippen LogP) is -0.0182. The zero-order valence-electron chi connectivity index (χ0n) is 6.86. The Kier molecular flexibility index (Phi) is 3.96. The van der Waals surface area contributed by atoms with Gasteiger partial charge in [0.1, 0.15) is 6.42 Å². The number of esters is 1. The number of Topliss-reactive ketones (excluding diaryl/α,β-unsaturated/α-hetero) is 1. The molecule has 1 atom stereocenters. The fourth-order valence-electron chi connectivity index (χ4n) is 0.607. The molecule has 5 nitrogen and oxygen atoms in total. The molecule has 0 bridgehead atoms. The van der Waals surface area contributed by atoms with Gasteiger partial charge in [-0.05, 0) is 6.92 Å². The second kappa shape index (κ2) is 4.48. The van der Waals surface area contributed by atoms with Crippen LogP contribution in [-0.4, -0.2) is 28.9 Å². The van der Waals surface area contributed by atoms with Crippen LogP contribution >= 0.6 is 0 Å². The van der Waals surface area contributed by atoms with Gasteiger partial charge in [-0.3, -0.25) is 14.4 Å². The molecule has 0 aliphatic rings. The van der Waals surface area contributed by atoms with Crippen molar-refractivity contribution in [1.82, 2.24) is 0 Å². The van der Waals surface area contributed by atoms with E-state index in [2.05, 4.69) is 4.74 Å². The van der Waals surface area contributed by atoms with Crippen molar-refractivity contribution < 1.29 is 24.2 Å². The predicted molar refractivity (Wildman–Crippen MR) is 38.5 cm³/mol. The smallest absolute Gasteiger partial charge is 0.311 e. The number of carbonyl (C=O) groups is 3. The quantitative estimate of drug-likeness (QED) is 0.478. The SMILES string of the molecule is CC(=O)OC(C)C(=O)CC(=O)O. The van der Waals surface area contributed by atoms with E-state index in [1.165, 1.54) is 6.92 Å². The monoisotopic (exact) mass is 174 g/mol. The Labute approximate surface area is 69.3 Å². The van der Waals surface area contributed by atoms with Gasteiger partial charge >= 0.3 is 11.9 Å². The van der Waals surface area contributed by atoms with Gasteiger partial charge in [0, 0.05) is 6.92 Å². The van der Waals surface area contributed by atoms with Gasteiger partial charge in [0.2, 0.25) is 0 Å². The summed E-state index contributed by atoms with van der Waals surface area (Å²) in [7, 11) is 0. The highest BCUT2D eigenvalue weighted by molar-refractivity contribution is 5.97. The third-order valence-electron chi connectivity index (χ3n) is 1.12. The molecule has 0 rings (SSSR count). The molecule has 0 aromatic heterocycles. The number of hydrogen-bond acceptors (Lipinski definition) is 4. The second-order valence-corrected chi connectivity index (χ2v) is 2.29. The summed E-state index contributed by atoms with van der Waals surface area (Å²) in [6, 6.07) is 0. The van der Waals surface area contributed by atoms with Crippen LogP contribution in [-0.2, 0) is 19.1 Å². The van der Waals surface area contributed by atoms with Gasteiger partial charge in [0.15, 0.2) is 11.9 Å². The minimum absolute atomic E-state index is 0.596. The van der Waals surface area contributed by atoms with Crippen molar-refractivity contribution in [3.8, 4) is 0 Å². The summed E-state index contributed by atoms with van der Waals surface area (Å²) in [5.74, 6) is -2.43. The van der Waals surface area contributed by atoms with Crippen LogP contribution in [0.5, 0.6) is 0 Å². The van der Waals surface area contributed by atoms with E-state index in [1.807, 2.05) is 0 Å². The van der Waals surface area contributed by atoms with Crippen LogP contribution in [0.25, 0.3) is 0 Å². The molecule has 0 heterocycles. The zero-order chi connectivity index (χ0) is 9.72. The second-order valence-electron chi connectivity index (χ2n) is 2.29. The van der Waals surface area contributed by atoms with Crippen molar-refractivity contribution in [2.24, 2.45) is 0 Å². The Bertz CT molecular complexity index is 208. The lowest BCUT2D eigenvalue weighted by Crippen LogP contribution is -2.25. The summed E-state index contributed by atoms with van der Waals surface area (Å²) in [5.41, 5.74) is 0. The first kappa shape index (κ1) is 10.6. The van der Waals surface area contributed by atoms with E-state index in [-0.39, 0.29) is 0 Å². The standard InChI is InChI=1S/C7H10O5/c1-4(12-5(2)8)6(9)3-7(10)11/h4H,3H2,1-2H3,(H,10,11). The number of ketones is 1. The van der Waals surface area contributed by atoms with E-state index in [4.69, 9.17) is 5.11 Å². The summed E-state index contributed by atoms with van der Waals surface area (Å²) in [5, 5.41) is 8.21. The van der Waals surface area contributed by atoms with Gasteiger partial charge in [-0.25, -0.2) is 0 Å². The Morgan fingerprint density at radius 2 is 1.92 bits per heavy atom. The molecule has 0 aliphatic heterocycles. The number of ether oxygens (including phenoxy) is 1. The van der Waals surface area contributed by atoms with E-state index in [9.17, 15) is 14.4 Å². The lowest BCUT2D eigenvalue weighted by Gasteiger charge is -2.08. The lowest BCUT2D eigenvalue weighted by molar-refractivity contribution is -0.154. The third-order valence-corrected chi connectivity index (χ3v) is 1.12. The maximum Gasteiger partial charge on any atom is 0.311 e. The van der Waals surface area contributed by atoms with Gasteiger partial charge in [-0.15, -0.1) is 0 Å². The Morgan fingerprint density at radius 1 is 1.42 bits per heavy atom. The highest BCUT2D eigenvalue weighted by atomic mass is 16.5. The van der Waals surface area contributed by atoms with Gasteiger partial charge in [-0.1, -0.05) is 0 Å². The van der Waals surface area contributed by atoms with Crippen LogP contribution in [0.2, 0.25) is 0 Å². The highest BCUT2D eigenvalue weighted by Gasteiger charge is 2.18. The average Bonchev–Trinajstić information content (AvgIpc) is 1.84. The van der Waals surface area contributed by atoms with E-state index < -0.39 is 30.2 Å². The van der Waals surface area contributed by atoms with Crippen LogP contribution in [0.4, 0.5) is 0 Å². The number of rotatable bonds is 4. The van der Waals surface area contributed by atoms with Crippen molar-refractivity contribution in [2.75, 3.05) is 0 Å². The van der Waals surface area contributed by atoms with Crippen molar-refractivity contribution in [3.05, 3.63) is 0 Å². The minimum Gasteiger partial charge on any atom is -0.481 e. The summed E-state index contributed by atoms with van der Waals surface area (Å²) in [4.78, 5) is 31.2. The summed E-state index contributed by atoms with van der Waals surface area (Å²) in [6.45, 7) is 2.50. The first-order valence-electron chi connectivity index (χ1n) is 3.35. The fraction of sp³-hybridized carbons (Fsp3) is 0.571. The lowest BCUT2D eigenvalue weighted by atomic mass is 10.2. The van der Waals surface area contributed by atoms with Crippen LogP contribution in [0.3, 0.4) is 0 Å². The van der Waals surface area contributed by atoms with E-state index in [0.717, 1.165) is 6.92 Å². The molecule has 0 fully saturated rings. The normalized spacial score (nSPS) is 11.8. The minimum atomic E-state index is -1.22. The van der Waals surface area contributed by atoms with E-state index in [0.29, 0.717) is 0 Å². The molecule has 0 radical (unpaired) electrons. The molecule has 1 unspecified atom stereocenters. The molecular weight excluding hydrogens is 164 g/mol.